The van der Waals surface area contributed by atoms with Crippen LogP contribution >= 0.6 is 11.8 Å². The van der Waals surface area contributed by atoms with E-state index in [2.05, 4.69) is 73.6 Å². The highest BCUT2D eigenvalue weighted by atomic mass is 32.2. The van der Waals surface area contributed by atoms with Crippen LogP contribution in [0.2, 0.25) is 0 Å². The summed E-state index contributed by atoms with van der Waals surface area (Å²) in [7, 11) is 0. The molecule has 0 bridgehead atoms. The summed E-state index contributed by atoms with van der Waals surface area (Å²) in [6.07, 6.45) is 6.53. The fourth-order valence-corrected chi connectivity index (χ4v) is 5.06. The Morgan fingerprint density at radius 3 is 1.93 bits per heavy atom. The number of allylic oxidation sites excluding steroid dienone is 2. The number of esters is 1. The average molecular weight is 433 g/mol. The van der Waals surface area contributed by atoms with Crippen LogP contribution < -0.4 is 0 Å². The smallest absolute Gasteiger partial charge is 0.302 e. The molecule has 0 amide bonds. The Morgan fingerprint density at radius 2 is 1.50 bits per heavy atom. The summed E-state index contributed by atoms with van der Waals surface area (Å²) >= 11 is 1.88. The van der Waals surface area contributed by atoms with E-state index in [0.717, 1.165) is 31.4 Å². The van der Waals surface area contributed by atoms with Gasteiger partial charge in [0.25, 0.3) is 0 Å². The summed E-state index contributed by atoms with van der Waals surface area (Å²) in [5.41, 5.74) is 5.65. The molecule has 170 valence electrons. The van der Waals surface area contributed by atoms with E-state index in [9.17, 15) is 4.79 Å². The van der Waals surface area contributed by atoms with Crippen molar-refractivity contribution in [2.45, 2.75) is 117 Å². The van der Waals surface area contributed by atoms with Gasteiger partial charge in [0.15, 0.2) is 0 Å². The SMILES string of the molecule is CC(=O)OC(CCCCC=C(C)C)CSc1c(C(C)C)cc(C(C)C)cc1C(C)C. The molecule has 0 spiro atoms. The number of ether oxygens (including phenoxy) is 1. The lowest BCUT2D eigenvalue weighted by Crippen LogP contribution is -2.19. The van der Waals surface area contributed by atoms with Crippen molar-refractivity contribution in [2.24, 2.45) is 0 Å². The second-order valence-corrected chi connectivity index (χ2v) is 10.6. The Hall–Kier alpha value is -1.22. The normalized spacial score (nSPS) is 12.5. The Bertz CT molecular complexity index is 668. The van der Waals surface area contributed by atoms with Gasteiger partial charge >= 0.3 is 5.97 Å². The molecule has 0 saturated heterocycles. The molecule has 0 aliphatic carbocycles. The monoisotopic (exact) mass is 432 g/mol. The van der Waals surface area contributed by atoms with Gasteiger partial charge in [0.1, 0.15) is 6.10 Å². The maximum atomic E-state index is 11.7. The van der Waals surface area contributed by atoms with E-state index < -0.39 is 0 Å². The standard InChI is InChI=1S/C27H44O2S/c1-18(2)13-11-10-12-14-24(29-22(9)28)17-30-27-25(20(5)6)15-23(19(3)4)16-26(27)21(7)8/h13,15-16,19-21,24H,10-12,14,17H2,1-9H3. The highest BCUT2D eigenvalue weighted by molar-refractivity contribution is 7.99. The van der Waals surface area contributed by atoms with Crippen LogP contribution in [0.3, 0.4) is 0 Å². The van der Waals surface area contributed by atoms with E-state index in [1.54, 1.807) is 0 Å². The lowest BCUT2D eigenvalue weighted by Gasteiger charge is -2.24. The zero-order chi connectivity index (χ0) is 22.8. The van der Waals surface area contributed by atoms with E-state index >= 15 is 0 Å². The van der Waals surface area contributed by atoms with Crippen LogP contribution in [0, 0.1) is 0 Å². The van der Waals surface area contributed by atoms with Crippen LogP contribution in [0.15, 0.2) is 28.7 Å². The molecule has 1 rings (SSSR count). The molecule has 0 saturated carbocycles. The van der Waals surface area contributed by atoms with Crippen LogP contribution in [0.4, 0.5) is 0 Å². The number of hydrogen-bond donors (Lipinski definition) is 0. The molecule has 0 fully saturated rings. The molecule has 1 atom stereocenters. The maximum absolute atomic E-state index is 11.7. The first-order valence-corrected chi connectivity index (χ1v) is 12.6. The Labute approximate surface area is 190 Å². The molecule has 2 nitrogen and oxygen atoms in total. The van der Waals surface area contributed by atoms with Gasteiger partial charge < -0.3 is 4.74 Å². The molecule has 0 N–H and O–H groups in total. The first kappa shape index (κ1) is 26.8. The Balaban J connectivity index is 3.00. The first-order valence-electron chi connectivity index (χ1n) is 11.6. The molecule has 3 heteroatoms. The van der Waals surface area contributed by atoms with Crippen LogP contribution in [-0.4, -0.2) is 17.8 Å². The molecule has 0 aromatic heterocycles. The minimum absolute atomic E-state index is 0.0241. The lowest BCUT2D eigenvalue weighted by atomic mass is 9.89. The largest absolute Gasteiger partial charge is 0.462 e. The summed E-state index contributed by atoms with van der Waals surface area (Å²) in [5.74, 6) is 2.12. The van der Waals surface area contributed by atoms with Crippen molar-refractivity contribution < 1.29 is 9.53 Å². The van der Waals surface area contributed by atoms with Gasteiger partial charge in [0.2, 0.25) is 0 Å². The van der Waals surface area contributed by atoms with E-state index in [1.165, 1.54) is 34.1 Å². The average Bonchev–Trinajstić information content (AvgIpc) is 2.63. The van der Waals surface area contributed by atoms with Crippen LogP contribution in [0.25, 0.3) is 0 Å². The van der Waals surface area contributed by atoms with Crippen LogP contribution in [-0.2, 0) is 9.53 Å². The second kappa shape index (κ2) is 13.2. The van der Waals surface area contributed by atoms with Crippen molar-refractivity contribution >= 4 is 17.7 Å². The summed E-state index contributed by atoms with van der Waals surface area (Å²) in [6.45, 7) is 19.5. The van der Waals surface area contributed by atoms with Gasteiger partial charge in [-0.15, -0.1) is 11.8 Å². The summed E-state index contributed by atoms with van der Waals surface area (Å²) in [4.78, 5) is 13.1. The molecular formula is C27H44O2S. The van der Waals surface area contributed by atoms with Gasteiger partial charge in [0.05, 0.1) is 0 Å². The zero-order valence-electron chi connectivity index (χ0n) is 20.8. The molecule has 1 aromatic rings. The second-order valence-electron chi connectivity index (χ2n) is 9.60. The van der Waals surface area contributed by atoms with E-state index in [1.807, 2.05) is 11.8 Å². The summed E-state index contributed by atoms with van der Waals surface area (Å²) in [6, 6.07) is 4.79. The highest BCUT2D eigenvalue weighted by Gasteiger charge is 2.20. The number of unbranched alkanes of at least 4 members (excludes halogenated alkanes) is 2. The van der Waals surface area contributed by atoms with Crippen molar-refractivity contribution in [3.8, 4) is 0 Å². The van der Waals surface area contributed by atoms with Crippen molar-refractivity contribution in [1.82, 2.24) is 0 Å². The lowest BCUT2D eigenvalue weighted by molar-refractivity contribution is -0.145. The van der Waals surface area contributed by atoms with Crippen molar-refractivity contribution in [2.75, 3.05) is 5.75 Å². The van der Waals surface area contributed by atoms with Gasteiger partial charge in [-0.2, -0.15) is 0 Å². The highest BCUT2D eigenvalue weighted by Crippen LogP contribution is 2.39. The molecular weight excluding hydrogens is 388 g/mol. The minimum atomic E-state index is -0.173. The van der Waals surface area contributed by atoms with Gasteiger partial charge in [0, 0.05) is 17.6 Å². The number of carbonyl (C=O) groups excluding carboxylic acids is 1. The number of rotatable bonds is 12. The zero-order valence-corrected chi connectivity index (χ0v) is 21.6. The molecule has 0 heterocycles. The van der Waals surface area contributed by atoms with Gasteiger partial charge in [-0.05, 0) is 74.0 Å². The van der Waals surface area contributed by atoms with Gasteiger partial charge in [-0.1, -0.05) is 65.3 Å². The van der Waals surface area contributed by atoms with Gasteiger partial charge in [-0.25, -0.2) is 0 Å². The number of thioether (sulfide) groups is 1. The fraction of sp³-hybridized carbons (Fsp3) is 0.667. The third-order valence-corrected chi connectivity index (χ3v) is 6.66. The predicted octanol–water partition coefficient (Wildman–Crippen LogP) is 8.61. The predicted molar refractivity (Wildman–Crippen MR) is 133 cm³/mol. The van der Waals surface area contributed by atoms with Crippen LogP contribution in [0.1, 0.15) is 122 Å². The molecule has 1 aromatic carbocycles. The molecule has 0 aliphatic heterocycles. The Morgan fingerprint density at radius 1 is 0.933 bits per heavy atom. The first-order chi connectivity index (χ1) is 14.0. The number of carbonyl (C=O) groups is 1. The van der Waals surface area contributed by atoms with Crippen LogP contribution in [0.5, 0.6) is 0 Å². The third kappa shape index (κ3) is 9.29. The van der Waals surface area contributed by atoms with Crippen molar-refractivity contribution in [3.63, 3.8) is 0 Å². The Kier molecular flexibility index (Phi) is 11.8. The van der Waals surface area contributed by atoms with E-state index in [-0.39, 0.29) is 12.1 Å². The minimum Gasteiger partial charge on any atom is -0.462 e. The summed E-state index contributed by atoms with van der Waals surface area (Å²) in [5, 5.41) is 0. The third-order valence-electron chi connectivity index (χ3n) is 5.36. The topological polar surface area (TPSA) is 26.3 Å². The fourth-order valence-electron chi connectivity index (χ4n) is 3.55. The molecule has 0 radical (unpaired) electrons. The number of hydrogen-bond acceptors (Lipinski definition) is 3. The molecule has 30 heavy (non-hydrogen) atoms. The quantitative estimate of drug-likeness (QED) is 0.143. The molecule has 1 unspecified atom stereocenters. The van der Waals surface area contributed by atoms with E-state index in [4.69, 9.17) is 4.74 Å². The maximum Gasteiger partial charge on any atom is 0.302 e. The van der Waals surface area contributed by atoms with Gasteiger partial charge in [-0.3, -0.25) is 4.79 Å². The van der Waals surface area contributed by atoms with Crippen molar-refractivity contribution in [3.05, 3.63) is 40.5 Å². The van der Waals surface area contributed by atoms with Crippen molar-refractivity contribution in [1.29, 1.82) is 0 Å². The number of benzene rings is 1. The summed E-state index contributed by atoms with van der Waals surface area (Å²) < 4.78 is 5.69. The van der Waals surface area contributed by atoms with E-state index in [0.29, 0.717) is 17.8 Å². The molecule has 0 aliphatic rings.